The Bertz CT molecular complexity index is 599. The van der Waals surface area contributed by atoms with Crippen LogP contribution in [0.25, 0.3) is 0 Å². The van der Waals surface area contributed by atoms with Crippen LogP contribution in [0.5, 0.6) is 0 Å². The highest BCUT2D eigenvalue weighted by atomic mass is 16.5. The molecule has 0 saturated heterocycles. The van der Waals surface area contributed by atoms with Crippen LogP contribution in [-0.4, -0.2) is 41.4 Å². The van der Waals surface area contributed by atoms with Crippen LogP contribution in [0.3, 0.4) is 0 Å². The number of allylic oxidation sites excluding steroid dienone is 4. The Labute approximate surface area is 169 Å². The third-order valence-electron chi connectivity index (χ3n) is 4.18. The summed E-state index contributed by atoms with van der Waals surface area (Å²) in [5, 5.41) is 20.1. The van der Waals surface area contributed by atoms with E-state index in [0.29, 0.717) is 17.9 Å². The van der Waals surface area contributed by atoms with Crippen molar-refractivity contribution >= 4 is 12.1 Å². The van der Waals surface area contributed by atoms with Crippen molar-refractivity contribution in [2.75, 3.05) is 13.2 Å². The van der Waals surface area contributed by atoms with Gasteiger partial charge in [-0.05, 0) is 51.7 Å². The molecule has 1 aliphatic rings. The van der Waals surface area contributed by atoms with Crippen molar-refractivity contribution in [3.05, 3.63) is 47.7 Å². The molecule has 1 aliphatic carbocycles. The number of aliphatic hydroxyl groups is 1. The van der Waals surface area contributed by atoms with Gasteiger partial charge in [-0.25, -0.2) is 0 Å². The third-order valence-corrected chi connectivity index (χ3v) is 4.18. The molecule has 0 radical (unpaired) electrons. The number of rotatable bonds is 10. The molecule has 0 bridgehead atoms. The van der Waals surface area contributed by atoms with Gasteiger partial charge in [-0.2, -0.15) is 0 Å². The number of nitrogens with one attached hydrogen (secondary N) is 2. The van der Waals surface area contributed by atoms with Crippen molar-refractivity contribution < 1.29 is 14.6 Å². The SMILES string of the molecule is C=C/C(=C\C(O)=C/C)NC(=O)/C(OC1CCCC1)=C(\C=N)N(CC)CN.CC. The first kappa shape index (κ1) is 25.5. The molecule has 28 heavy (non-hydrogen) atoms. The average Bonchev–Trinajstić information content (AvgIpc) is 3.24. The van der Waals surface area contributed by atoms with Gasteiger partial charge in [-0.1, -0.05) is 20.4 Å². The van der Waals surface area contributed by atoms with E-state index in [-0.39, 0.29) is 24.3 Å². The summed E-state index contributed by atoms with van der Waals surface area (Å²) in [7, 11) is 0. The van der Waals surface area contributed by atoms with E-state index < -0.39 is 5.91 Å². The Kier molecular flexibility index (Phi) is 13.2. The van der Waals surface area contributed by atoms with Crippen molar-refractivity contribution in [2.24, 2.45) is 5.73 Å². The van der Waals surface area contributed by atoms with Gasteiger partial charge in [-0.3, -0.25) is 4.79 Å². The number of carbonyl (C=O) groups excluding carboxylic acids is 1. The Morgan fingerprint density at radius 2 is 2.00 bits per heavy atom. The van der Waals surface area contributed by atoms with Crippen molar-refractivity contribution in [3.8, 4) is 0 Å². The molecule has 7 heteroatoms. The zero-order valence-corrected chi connectivity index (χ0v) is 17.6. The quantitative estimate of drug-likeness (QED) is 0.149. The number of aliphatic hydroxyl groups excluding tert-OH is 1. The van der Waals surface area contributed by atoms with Crippen LogP contribution in [0.1, 0.15) is 53.4 Å². The maximum atomic E-state index is 12.9. The van der Waals surface area contributed by atoms with Crippen LogP contribution in [0.15, 0.2) is 47.7 Å². The minimum Gasteiger partial charge on any atom is -0.508 e. The number of amides is 1. The molecular formula is C21H36N4O3. The first-order valence-electron chi connectivity index (χ1n) is 9.87. The maximum absolute atomic E-state index is 12.9. The topological polar surface area (TPSA) is 112 Å². The van der Waals surface area contributed by atoms with Gasteiger partial charge < -0.3 is 31.2 Å². The second-order valence-corrected chi connectivity index (χ2v) is 5.89. The van der Waals surface area contributed by atoms with Crippen molar-refractivity contribution in [1.29, 1.82) is 5.41 Å². The first-order valence-corrected chi connectivity index (χ1v) is 9.87. The first-order chi connectivity index (χ1) is 13.5. The Morgan fingerprint density at radius 3 is 2.43 bits per heavy atom. The molecule has 0 aromatic rings. The minimum absolute atomic E-state index is 0.00635. The lowest BCUT2D eigenvalue weighted by molar-refractivity contribution is -0.121. The summed E-state index contributed by atoms with van der Waals surface area (Å²) in [5.41, 5.74) is 6.41. The molecule has 0 heterocycles. The predicted octanol–water partition coefficient (Wildman–Crippen LogP) is 3.72. The fourth-order valence-electron chi connectivity index (χ4n) is 2.68. The highest BCUT2D eigenvalue weighted by Crippen LogP contribution is 2.25. The predicted molar refractivity (Wildman–Crippen MR) is 115 cm³/mol. The van der Waals surface area contributed by atoms with Gasteiger partial charge in [0, 0.05) is 24.5 Å². The van der Waals surface area contributed by atoms with Crippen molar-refractivity contribution in [1.82, 2.24) is 10.2 Å². The summed E-state index contributed by atoms with van der Waals surface area (Å²) in [6.45, 7) is 11.9. The van der Waals surface area contributed by atoms with Crippen LogP contribution >= 0.6 is 0 Å². The number of hydrogen-bond acceptors (Lipinski definition) is 6. The molecule has 1 saturated carbocycles. The monoisotopic (exact) mass is 392 g/mol. The van der Waals surface area contributed by atoms with E-state index in [4.69, 9.17) is 15.9 Å². The lowest BCUT2D eigenvalue weighted by atomic mass is 10.2. The van der Waals surface area contributed by atoms with Crippen LogP contribution in [-0.2, 0) is 9.53 Å². The largest absolute Gasteiger partial charge is 0.508 e. The number of nitrogens with two attached hydrogens (primary N) is 1. The second-order valence-electron chi connectivity index (χ2n) is 5.89. The molecule has 0 atom stereocenters. The average molecular weight is 393 g/mol. The molecule has 0 aromatic carbocycles. The fraction of sp³-hybridized carbons (Fsp3) is 0.524. The zero-order valence-electron chi connectivity index (χ0n) is 17.6. The minimum atomic E-state index is -0.502. The molecule has 0 aromatic heterocycles. The van der Waals surface area contributed by atoms with Gasteiger partial charge in [-0.15, -0.1) is 0 Å². The molecule has 0 aliphatic heterocycles. The van der Waals surface area contributed by atoms with Gasteiger partial charge >= 0.3 is 0 Å². The molecule has 5 N–H and O–H groups in total. The van der Waals surface area contributed by atoms with Gasteiger partial charge in [0.05, 0.1) is 12.8 Å². The molecule has 1 amide bonds. The maximum Gasteiger partial charge on any atom is 0.293 e. The van der Waals surface area contributed by atoms with E-state index in [1.165, 1.54) is 18.2 Å². The van der Waals surface area contributed by atoms with Gasteiger partial charge in [0.1, 0.15) is 11.5 Å². The summed E-state index contributed by atoms with van der Waals surface area (Å²) >= 11 is 0. The Morgan fingerprint density at radius 1 is 1.39 bits per heavy atom. The van der Waals surface area contributed by atoms with Gasteiger partial charge in [0.2, 0.25) is 5.76 Å². The van der Waals surface area contributed by atoms with E-state index >= 15 is 0 Å². The summed E-state index contributed by atoms with van der Waals surface area (Å²) in [5.74, 6) is -0.434. The van der Waals surface area contributed by atoms with Crippen LogP contribution in [0.2, 0.25) is 0 Å². The molecule has 1 fully saturated rings. The van der Waals surface area contributed by atoms with E-state index in [0.717, 1.165) is 31.9 Å². The summed E-state index contributed by atoms with van der Waals surface area (Å²) < 4.78 is 5.97. The summed E-state index contributed by atoms with van der Waals surface area (Å²) in [6.07, 6.45) is 9.21. The third kappa shape index (κ3) is 8.00. The molecule has 7 nitrogen and oxygen atoms in total. The summed E-state index contributed by atoms with van der Waals surface area (Å²) in [6, 6.07) is 0. The second kappa shape index (κ2) is 14.5. The lowest BCUT2D eigenvalue weighted by Gasteiger charge is -2.25. The smallest absolute Gasteiger partial charge is 0.293 e. The van der Waals surface area contributed by atoms with Crippen LogP contribution in [0.4, 0.5) is 0 Å². The molecular weight excluding hydrogens is 356 g/mol. The number of nitrogens with zero attached hydrogens (tertiary/aromatic N) is 1. The number of ether oxygens (including phenoxy) is 1. The Balaban J connectivity index is 0.00000352. The highest BCUT2D eigenvalue weighted by Gasteiger charge is 2.25. The van der Waals surface area contributed by atoms with Crippen molar-refractivity contribution in [2.45, 2.75) is 59.5 Å². The molecule has 0 unspecified atom stereocenters. The van der Waals surface area contributed by atoms with Gasteiger partial charge in [0.25, 0.3) is 5.91 Å². The van der Waals surface area contributed by atoms with E-state index in [1.54, 1.807) is 11.8 Å². The van der Waals surface area contributed by atoms with Crippen molar-refractivity contribution in [3.63, 3.8) is 0 Å². The highest BCUT2D eigenvalue weighted by molar-refractivity contribution is 5.98. The standard InChI is InChI=1S/C19H30N4O3.C2H6/c1-4-14(11-15(24)5-2)22-19(25)18(26-16-9-7-8-10-16)17(12-20)23(6-3)13-21;1-2/h4-5,11-12,16,20,24H,1,6-10,13,21H2,2-3H3,(H,22,25);1-2H3/b14-11+,15-5+,18-17-,20-12?;. The molecule has 158 valence electrons. The zero-order chi connectivity index (χ0) is 21.5. The van der Waals surface area contributed by atoms with Crippen LogP contribution in [0, 0.1) is 5.41 Å². The van der Waals surface area contributed by atoms with E-state index in [9.17, 15) is 9.90 Å². The number of carbonyl (C=O) groups is 1. The summed E-state index contributed by atoms with van der Waals surface area (Å²) in [4.78, 5) is 14.5. The molecule has 1 rings (SSSR count). The fourth-order valence-corrected chi connectivity index (χ4v) is 2.68. The van der Waals surface area contributed by atoms with Gasteiger partial charge in [0.15, 0.2) is 0 Å². The van der Waals surface area contributed by atoms with E-state index in [1.807, 2.05) is 20.8 Å². The Hall–Kier alpha value is -2.54. The van der Waals surface area contributed by atoms with E-state index in [2.05, 4.69) is 11.9 Å². The number of hydrogen-bond donors (Lipinski definition) is 4. The molecule has 0 spiro atoms. The lowest BCUT2D eigenvalue weighted by Crippen LogP contribution is -2.35. The normalized spacial score (nSPS) is 15.8. The van der Waals surface area contributed by atoms with Crippen LogP contribution < -0.4 is 11.1 Å².